The van der Waals surface area contributed by atoms with Crippen molar-refractivity contribution in [1.29, 1.82) is 0 Å². The molecule has 0 saturated carbocycles. The number of piperidine rings is 1. The normalized spacial score (nSPS) is 20.1. The standard InChI is InChI=1S/C21H32N2O2.ClH/c1-15(2)19-6-5-18(13-16(19)3)25-17(4)20(24)23-11-8-21(9-12-23)7-10-22-14-21;/h5-6,13,15,17,22H,7-12,14H2,1-4H3;1H. The highest BCUT2D eigenvalue weighted by atomic mass is 35.5. The number of ether oxygens (including phenoxy) is 1. The first-order chi connectivity index (χ1) is 11.9. The number of nitrogens with one attached hydrogen (secondary N) is 1. The highest BCUT2D eigenvalue weighted by Crippen LogP contribution is 2.37. The maximum atomic E-state index is 12.8. The molecule has 3 rings (SSSR count). The van der Waals surface area contributed by atoms with Gasteiger partial charge in [0.15, 0.2) is 6.10 Å². The summed E-state index contributed by atoms with van der Waals surface area (Å²) in [7, 11) is 0. The number of hydrogen-bond donors (Lipinski definition) is 1. The van der Waals surface area contributed by atoms with Crippen molar-refractivity contribution >= 4 is 18.3 Å². The van der Waals surface area contributed by atoms with Crippen LogP contribution in [-0.2, 0) is 4.79 Å². The Balaban J connectivity index is 0.00000243. The van der Waals surface area contributed by atoms with Crippen LogP contribution in [0.2, 0.25) is 0 Å². The van der Waals surface area contributed by atoms with Crippen LogP contribution < -0.4 is 10.1 Å². The molecule has 1 atom stereocenters. The lowest BCUT2D eigenvalue weighted by Gasteiger charge is -2.39. The molecule has 146 valence electrons. The molecule has 1 unspecified atom stereocenters. The number of amides is 1. The van der Waals surface area contributed by atoms with E-state index in [1.54, 1.807) is 0 Å². The van der Waals surface area contributed by atoms with Crippen LogP contribution in [-0.4, -0.2) is 43.1 Å². The van der Waals surface area contributed by atoms with E-state index in [4.69, 9.17) is 4.74 Å². The molecule has 1 amide bonds. The first kappa shape index (κ1) is 21.0. The van der Waals surface area contributed by atoms with Crippen LogP contribution in [0.4, 0.5) is 0 Å². The molecule has 1 aromatic rings. The summed E-state index contributed by atoms with van der Waals surface area (Å²) in [5.41, 5.74) is 2.99. The maximum Gasteiger partial charge on any atom is 0.263 e. The van der Waals surface area contributed by atoms with Gasteiger partial charge in [0.05, 0.1) is 0 Å². The van der Waals surface area contributed by atoms with Gasteiger partial charge in [0.25, 0.3) is 5.91 Å². The van der Waals surface area contributed by atoms with Crippen LogP contribution in [0.1, 0.15) is 57.1 Å². The van der Waals surface area contributed by atoms with Crippen molar-refractivity contribution in [2.24, 2.45) is 5.41 Å². The smallest absolute Gasteiger partial charge is 0.263 e. The molecule has 2 aliphatic heterocycles. The number of hydrogen-bond acceptors (Lipinski definition) is 3. The Hall–Kier alpha value is -1.26. The Morgan fingerprint density at radius 1 is 1.19 bits per heavy atom. The van der Waals surface area contributed by atoms with Crippen LogP contribution in [0, 0.1) is 12.3 Å². The number of carbonyl (C=O) groups is 1. The largest absolute Gasteiger partial charge is 0.481 e. The minimum Gasteiger partial charge on any atom is -0.481 e. The molecular weight excluding hydrogens is 348 g/mol. The number of carbonyl (C=O) groups excluding carboxylic acids is 1. The summed E-state index contributed by atoms with van der Waals surface area (Å²) in [4.78, 5) is 14.7. The van der Waals surface area contributed by atoms with E-state index < -0.39 is 6.10 Å². The van der Waals surface area contributed by atoms with Crippen LogP contribution in [0.15, 0.2) is 18.2 Å². The molecule has 0 aromatic heterocycles. The lowest BCUT2D eigenvalue weighted by molar-refractivity contribution is -0.140. The van der Waals surface area contributed by atoms with Crippen molar-refractivity contribution in [3.8, 4) is 5.75 Å². The van der Waals surface area contributed by atoms with Crippen molar-refractivity contribution in [1.82, 2.24) is 10.2 Å². The van der Waals surface area contributed by atoms with E-state index >= 15 is 0 Å². The van der Waals surface area contributed by atoms with Crippen molar-refractivity contribution < 1.29 is 9.53 Å². The predicted octanol–water partition coefficient (Wildman–Crippen LogP) is 3.91. The van der Waals surface area contributed by atoms with E-state index in [0.717, 1.165) is 44.8 Å². The molecule has 1 spiro atoms. The Kier molecular flexibility index (Phi) is 6.98. The highest BCUT2D eigenvalue weighted by molar-refractivity contribution is 5.85. The molecule has 2 saturated heterocycles. The zero-order chi connectivity index (χ0) is 18.0. The van der Waals surface area contributed by atoms with Gasteiger partial charge in [0.1, 0.15) is 5.75 Å². The lowest BCUT2D eigenvalue weighted by atomic mass is 9.78. The second-order valence-corrected chi connectivity index (χ2v) is 8.19. The minimum atomic E-state index is -0.431. The Labute approximate surface area is 164 Å². The van der Waals surface area contributed by atoms with Gasteiger partial charge in [0, 0.05) is 19.6 Å². The third-order valence-electron chi connectivity index (χ3n) is 5.99. The molecule has 26 heavy (non-hydrogen) atoms. The molecular formula is C21H33ClN2O2. The highest BCUT2D eigenvalue weighted by Gasteiger charge is 2.38. The van der Waals surface area contributed by atoms with Gasteiger partial charge in [-0.3, -0.25) is 4.79 Å². The maximum absolute atomic E-state index is 12.8. The van der Waals surface area contributed by atoms with Crippen molar-refractivity contribution in [3.63, 3.8) is 0 Å². The van der Waals surface area contributed by atoms with E-state index in [1.165, 1.54) is 17.5 Å². The number of benzene rings is 1. The molecule has 2 heterocycles. The second-order valence-electron chi connectivity index (χ2n) is 8.19. The van der Waals surface area contributed by atoms with Gasteiger partial charge in [0.2, 0.25) is 0 Å². The summed E-state index contributed by atoms with van der Waals surface area (Å²) in [6, 6.07) is 6.15. The number of halogens is 1. The fourth-order valence-corrected chi connectivity index (χ4v) is 4.30. The lowest BCUT2D eigenvalue weighted by Crippen LogP contribution is -2.48. The molecule has 2 aliphatic rings. The molecule has 1 N–H and O–H groups in total. The fourth-order valence-electron chi connectivity index (χ4n) is 4.30. The monoisotopic (exact) mass is 380 g/mol. The van der Waals surface area contributed by atoms with Crippen molar-refractivity contribution in [2.45, 2.75) is 59.0 Å². The first-order valence-electron chi connectivity index (χ1n) is 9.67. The van der Waals surface area contributed by atoms with Gasteiger partial charge in [-0.2, -0.15) is 0 Å². The van der Waals surface area contributed by atoms with Crippen LogP contribution in [0.3, 0.4) is 0 Å². The van der Waals surface area contributed by atoms with Crippen molar-refractivity contribution in [2.75, 3.05) is 26.2 Å². The van der Waals surface area contributed by atoms with Gasteiger partial charge in [-0.25, -0.2) is 0 Å². The number of rotatable bonds is 4. The summed E-state index contributed by atoms with van der Waals surface area (Å²) >= 11 is 0. The number of aryl methyl sites for hydroxylation is 1. The molecule has 2 fully saturated rings. The van der Waals surface area contributed by atoms with Crippen LogP contribution in [0.5, 0.6) is 5.75 Å². The average Bonchev–Trinajstić information content (AvgIpc) is 3.02. The van der Waals surface area contributed by atoms with E-state index in [2.05, 4.69) is 38.2 Å². The predicted molar refractivity (Wildman–Crippen MR) is 108 cm³/mol. The molecule has 4 nitrogen and oxygen atoms in total. The summed E-state index contributed by atoms with van der Waals surface area (Å²) < 4.78 is 5.96. The Morgan fingerprint density at radius 2 is 1.88 bits per heavy atom. The van der Waals surface area contributed by atoms with Gasteiger partial charge in [-0.1, -0.05) is 19.9 Å². The quantitative estimate of drug-likeness (QED) is 0.861. The third kappa shape index (κ3) is 4.52. The van der Waals surface area contributed by atoms with Gasteiger partial charge in [-0.05, 0) is 74.2 Å². The SMILES string of the molecule is Cc1cc(OC(C)C(=O)N2CCC3(CCNC3)CC2)ccc1C(C)C.Cl. The summed E-state index contributed by atoms with van der Waals surface area (Å²) in [6.07, 6.45) is 3.05. The van der Waals surface area contributed by atoms with Gasteiger partial charge >= 0.3 is 0 Å². The molecule has 0 radical (unpaired) electrons. The Morgan fingerprint density at radius 3 is 2.42 bits per heavy atom. The van der Waals surface area contributed by atoms with Crippen LogP contribution >= 0.6 is 12.4 Å². The molecule has 0 aliphatic carbocycles. The minimum absolute atomic E-state index is 0. The number of nitrogens with zero attached hydrogens (tertiary/aromatic N) is 1. The fraction of sp³-hybridized carbons (Fsp3) is 0.667. The number of likely N-dealkylation sites (tertiary alicyclic amines) is 1. The van der Waals surface area contributed by atoms with E-state index in [0.29, 0.717) is 11.3 Å². The first-order valence-corrected chi connectivity index (χ1v) is 9.67. The van der Waals surface area contributed by atoms with Crippen LogP contribution in [0.25, 0.3) is 0 Å². The van der Waals surface area contributed by atoms with E-state index in [9.17, 15) is 4.79 Å². The molecule has 1 aromatic carbocycles. The zero-order valence-electron chi connectivity index (χ0n) is 16.5. The molecule has 5 heteroatoms. The summed E-state index contributed by atoms with van der Waals surface area (Å²) in [6.45, 7) is 12.3. The summed E-state index contributed by atoms with van der Waals surface area (Å²) in [5, 5.41) is 3.47. The van der Waals surface area contributed by atoms with Crippen molar-refractivity contribution in [3.05, 3.63) is 29.3 Å². The molecule has 0 bridgehead atoms. The average molecular weight is 381 g/mol. The van der Waals surface area contributed by atoms with Gasteiger partial charge in [-0.15, -0.1) is 12.4 Å². The third-order valence-corrected chi connectivity index (χ3v) is 5.99. The Bertz CT molecular complexity index is 616. The topological polar surface area (TPSA) is 41.6 Å². The second kappa shape index (κ2) is 8.62. The van der Waals surface area contributed by atoms with E-state index in [-0.39, 0.29) is 18.3 Å². The van der Waals surface area contributed by atoms with E-state index in [1.807, 2.05) is 17.9 Å². The summed E-state index contributed by atoms with van der Waals surface area (Å²) in [5.74, 6) is 1.40. The van der Waals surface area contributed by atoms with Gasteiger partial charge < -0.3 is 15.0 Å². The zero-order valence-corrected chi connectivity index (χ0v) is 17.3.